The summed E-state index contributed by atoms with van der Waals surface area (Å²) in [6.07, 6.45) is 1.56. The lowest BCUT2D eigenvalue weighted by molar-refractivity contribution is 0.540. The molecule has 0 spiro atoms. The molecule has 0 bridgehead atoms. The minimum atomic E-state index is -3.80. The van der Waals surface area contributed by atoms with Gasteiger partial charge in [0.15, 0.2) is 0 Å². The predicted octanol–water partition coefficient (Wildman–Crippen LogP) is 1.12. The maximum Gasteiger partial charge on any atom is 0.243 e. The Labute approximate surface area is 100 Å². The van der Waals surface area contributed by atoms with Gasteiger partial charge in [-0.15, -0.1) is 0 Å². The molecule has 2 rings (SSSR count). The van der Waals surface area contributed by atoms with Gasteiger partial charge in [-0.1, -0.05) is 6.07 Å². The van der Waals surface area contributed by atoms with Gasteiger partial charge in [-0.05, 0) is 37.5 Å². The van der Waals surface area contributed by atoms with E-state index in [2.05, 4.69) is 4.72 Å². The zero-order valence-corrected chi connectivity index (χ0v) is 10.3. The van der Waals surface area contributed by atoms with Crippen LogP contribution in [0, 0.1) is 5.82 Å². The highest BCUT2D eigenvalue weighted by atomic mass is 32.2. The van der Waals surface area contributed by atoms with E-state index in [1.165, 1.54) is 12.1 Å². The SMILES string of the molecule is CC1(NS(=O)(=O)c2cc(CN)ccc2F)CC1. The van der Waals surface area contributed by atoms with Crippen LogP contribution >= 0.6 is 0 Å². The fourth-order valence-electron chi connectivity index (χ4n) is 1.55. The molecule has 0 saturated heterocycles. The first-order chi connectivity index (χ1) is 7.86. The largest absolute Gasteiger partial charge is 0.326 e. The lowest BCUT2D eigenvalue weighted by Gasteiger charge is -2.13. The number of hydrogen-bond acceptors (Lipinski definition) is 3. The van der Waals surface area contributed by atoms with Crippen LogP contribution in [-0.2, 0) is 16.6 Å². The summed E-state index contributed by atoms with van der Waals surface area (Å²) in [4.78, 5) is -0.325. The predicted molar refractivity (Wildman–Crippen MR) is 62.3 cm³/mol. The molecule has 17 heavy (non-hydrogen) atoms. The number of rotatable bonds is 4. The highest BCUT2D eigenvalue weighted by Crippen LogP contribution is 2.36. The van der Waals surface area contributed by atoms with Gasteiger partial charge in [0.05, 0.1) is 0 Å². The van der Waals surface area contributed by atoms with Crippen molar-refractivity contribution in [2.45, 2.75) is 36.7 Å². The standard InChI is InChI=1S/C11H15FN2O2S/c1-11(4-5-11)14-17(15,16)10-6-8(7-13)2-3-9(10)12/h2-3,6,14H,4-5,7,13H2,1H3. The molecule has 1 aliphatic carbocycles. The highest BCUT2D eigenvalue weighted by molar-refractivity contribution is 7.89. The number of benzene rings is 1. The Kier molecular flexibility index (Phi) is 2.97. The summed E-state index contributed by atoms with van der Waals surface area (Å²) in [7, 11) is -3.80. The maximum atomic E-state index is 13.5. The lowest BCUT2D eigenvalue weighted by atomic mass is 10.2. The average molecular weight is 258 g/mol. The van der Waals surface area contributed by atoms with Crippen LogP contribution in [0.4, 0.5) is 4.39 Å². The second-order valence-electron chi connectivity index (χ2n) is 4.64. The van der Waals surface area contributed by atoms with Gasteiger partial charge in [-0.2, -0.15) is 0 Å². The summed E-state index contributed by atoms with van der Waals surface area (Å²) in [6, 6.07) is 3.89. The molecule has 0 amide bonds. The number of halogens is 1. The van der Waals surface area contributed by atoms with Crippen molar-refractivity contribution < 1.29 is 12.8 Å². The van der Waals surface area contributed by atoms with Crippen LogP contribution in [-0.4, -0.2) is 14.0 Å². The van der Waals surface area contributed by atoms with E-state index in [0.29, 0.717) is 5.56 Å². The molecule has 0 aromatic heterocycles. The minimum Gasteiger partial charge on any atom is -0.326 e. The molecule has 1 saturated carbocycles. The molecule has 1 aliphatic rings. The summed E-state index contributed by atoms with van der Waals surface area (Å²) >= 11 is 0. The van der Waals surface area contributed by atoms with E-state index in [1.54, 1.807) is 6.92 Å². The third-order valence-corrected chi connectivity index (χ3v) is 4.56. The zero-order chi connectivity index (χ0) is 12.7. The van der Waals surface area contributed by atoms with Crippen molar-refractivity contribution in [2.75, 3.05) is 0 Å². The minimum absolute atomic E-state index is 0.181. The smallest absolute Gasteiger partial charge is 0.243 e. The van der Waals surface area contributed by atoms with Crippen molar-refractivity contribution >= 4 is 10.0 Å². The Bertz CT molecular complexity index is 538. The van der Waals surface area contributed by atoms with Crippen LogP contribution in [0.2, 0.25) is 0 Å². The molecule has 0 radical (unpaired) electrons. The van der Waals surface area contributed by atoms with Gasteiger partial charge in [-0.3, -0.25) is 0 Å². The van der Waals surface area contributed by atoms with Crippen LogP contribution in [0.3, 0.4) is 0 Å². The molecule has 1 fully saturated rings. The molecule has 0 unspecified atom stereocenters. The van der Waals surface area contributed by atoms with Crippen LogP contribution < -0.4 is 10.5 Å². The van der Waals surface area contributed by atoms with Crippen molar-refractivity contribution in [2.24, 2.45) is 5.73 Å². The molecule has 0 heterocycles. The third-order valence-electron chi connectivity index (χ3n) is 2.90. The molecular formula is C11H15FN2O2S. The Balaban J connectivity index is 2.38. The summed E-state index contributed by atoms with van der Waals surface area (Å²) in [5.74, 6) is -0.751. The van der Waals surface area contributed by atoms with Crippen molar-refractivity contribution in [3.8, 4) is 0 Å². The Morgan fingerprint density at radius 1 is 1.47 bits per heavy atom. The summed E-state index contributed by atoms with van der Waals surface area (Å²) in [5.41, 5.74) is 5.59. The Morgan fingerprint density at radius 3 is 2.65 bits per heavy atom. The van der Waals surface area contributed by atoms with Gasteiger partial charge in [0.25, 0.3) is 0 Å². The zero-order valence-electron chi connectivity index (χ0n) is 9.53. The number of nitrogens with two attached hydrogens (primary N) is 1. The van der Waals surface area contributed by atoms with Crippen LogP contribution in [0.15, 0.2) is 23.1 Å². The molecule has 6 heteroatoms. The maximum absolute atomic E-state index is 13.5. The molecule has 3 N–H and O–H groups in total. The summed E-state index contributed by atoms with van der Waals surface area (Å²) < 4.78 is 40.0. The van der Waals surface area contributed by atoms with Crippen molar-refractivity contribution in [3.05, 3.63) is 29.6 Å². The van der Waals surface area contributed by atoms with E-state index in [-0.39, 0.29) is 11.4 Å². The van der Waals surface area contributed by atoms with Gasteiger partial charge >= 0.3 is 0 Å². The van der Waals surface area contributed by atoms with E-state index < -0.39 is 21.4 Å². The number of nitrogens with one attached hydrogen (secondary N) is 1. The van der Waals surface area contributed by atoms with Crippen LogP contribution in [0.1, 0.15) is 25.3 Å². The third kappa shape index (κ3) is 2.65. The van der Waals surface area contributed by atoms with Crippen molar-refractivity contribution in [3.63, 3.8) is 0 Å². The van der Waals surface area contributed by atoms with Crippen LogP contribution in [0.5, 0.6) is 0 Å². The highest BCUT2D eigenvalue weighted by Gasteiger charge is 2.41. The Hall–Kier alpha value is -0.980. The first-order valence-electron chi connectivity index (χ1n) is 5.39. The lowest BCUT2D eigenvalue weighted by Crippen LogP contribution is -2.34. The second kappa shape index (κ2) is 4.04. The molecule has 94 valence electrons. The molecule has 0 aliphatic heterocycles. The number of sulfonamides is 1. The fraction of sp³-hybridized carbons (Fsp3) is 0.455. The second-order valence-corrected chi connectivity index (χ2v) is 6.29. The van der Waals surface area contributed by atoms with Gasteiger partial charge < -0.3 is 5.73 Å². The van der Waals surface area contributed by atoms with Gasteiger partial charge in [-0.25, -0.2) is 17.5 Å². The van der Waals surface area contributed by atoms with E-state index in [1.807, 2.05) is 0 Å². The monoisotopic (exact) mass is 258 g/mol. The van der Waals surface area contributed by atoms with E-state index in [4.69, 9.17) is 5.73 Å². The summed E-state index contributed by atoms with van der Waals surface area (Å²) in [5, 5.41) is 0. The summed E-state index contributed by atoms with van der Waals surface area (Å²) in [6.45, 7) is 1.98. The van der Waals surface area contributed by atoms with Crippen molar-refractivity contribution in [1.29, 1.82) is 0 Å². The van der Waals surface area contributed by atoms with Gasteiger partial charge in [0.2, 0.25) is 10.0 Å². The van der Waals surface area contributed by atoms with E-state index in [9.17, 15) is 12.8 Å². The first kappa shape index (κ1) is 12.5. The fourth-order valence-corrected chi connectivity index (χ4v) is 3.14. The topological polar surface area (TPSA) is 72.2 Å². The van der Waals surface area contributed by atoms with E-state index >= 15 is 0 Å². The molecular weight excluding hydrogens is 243 g/mol. The first-order valence-corrected chi connectivity index (χ1v) is 6.87. The van der Waals surface area contributed by atoms with Crippen LogP contribution in [0.25, 0.3) is 0 Å². The molecule has 1 aromatic carbocycles. The molecule has 0 atom stereocenters. The normalized spacial score (nSPS) is 18.1. The van der Waals surface area contributed by atoms with Gasteiger partial charge in [0, 0.05) is 12.1 Å². The molecule has 1 aromatic rings. The van der Waals surface area contributed by atoms with Crippen molar-refractivity contribution in [1.82, 2.24) is 4.72 Å². The Morgan fingerprint density at radius 2 is 2.12 bits per heavy atom. The molecule has 4 nitrogen and oxygen atoms in total. The quantitative estimate of drug-likeness (QED) is 0.850. The van der Waals surface area contributed by atoms with E-state index in [0.717, 1.165) is 18.9 Å². The average Bonchev–Trinajstić information content (AvgIpc) is 2.95. The number of hydrogen-bond donors (Lipinski definition) is 2. The van der Waals surface area contributed by atoms with Gasteiger partial charge in [0.1, 0.15) is 10.7 Å².